The van der Waals surface area contributed by atoms with Crippen molar-refractivity contribution in [1.82, 2.24) is 5.32 Å². The fourth-order valence-corrected chi connectivity index (χ4v) is 3.14. The molecule has 3 rings (SSSR count). The van der Waals surface area contributed by atoms with Crippen molar-refractivity contribution in [3.8, 4) is 5.75 Å². The average Bonchev–Trinajstić information content (AvgIpc) is 2.80. The van der Waals surface area contributed by atoms with Crippen molar-refractivity contribution in [1.29, 1.82) is 0 Å². The predicted octanol–water partition coefficient (Wildman–Crippen LogP) is 3.46. The summed E-state index contributed by atoms with van der Waals surface area (Å²) in [6, 6.07) is 7.12. The summed E-state index contributed by atoms with van der Waals surface area (Å²) in [5.41, 5.74) is 2.78. The Hall–Kier alpha value is -1.02. The van der Waals surface area contributed by atoms with E-state index < -0.39 is 0 Å². The number of fused-ring (bicyclic) bond motifs is 1. The zero-order valence-electron chi connectivity index (χ0n) is 11.2. The molecule has 1 aromatic carbocycles. The van der Waals surface area contributed by atoms with E-state index in [-0.39, 0.29) is 0 Å². The number of hydrogen-bond acceptors (Lipinski definition) is 2. The van der Waals surface area contributed by atoms with Gasteiger partial charge in [-0.2, -0.15) is 0 Å². The zero-order valence-corrected chi connectivity index (χ0v) is 11.2. The van der Waals surface area contributed by atoms with Gasteiger partial charge in [-0.3, -0.25) is 0 Å². The topological polar surface area (TPSA) is 21.3 Å². The van der Waals surface area contributed by atoms with Gasteiger partial charge in [0.1, 0.15) is 5.75 Å². The fraction of sp³-hybridized carbons (Fsp3) is 0.625. The van der Waals surface area contributed by atoms with Crippen LogP contribution in [-0.2, 0) is 6.42 Å². The lowest BCUT2D eigenvalue weighted by molar-refractivity contribution is 0.258. The van der Waals surface area contributed by atoms with Gasteiger partial charge in [0.05, 0.1) is 6.61 Å². The Balaban J connectivity index is 1.82. The van der Waals surface area contributed by atoms with Gasteiger partial charge in [-0.05, 0) is 24.4 Å². The number of para-hydroxylation sites is 1. The third-order valence-corrected chi connectivity index (χ3v) is 4.36. The van der Waals surface area contributed by atoms with Crippen molar-refractivity contribution < 1.29 is 4.74 Å². The van der Waals surface area contributed by atoms with E-state index in [0.717, 1.165) is 25.5 Å². The van der Waals surface area contributed by atoms with Crippen LogP contribution in [0.15, 0.2) is 18.2 Å². The molecule has 1 aromatic rings. The van der Waals surface area contributed by atoms with Crippen LogP contribution in [0.4, 0.5) is 0 Å². The van der Waals surface area contributed by atoms with E-state index in [4.69, 9.17) is 4.74 Å². The summed E-state index contributed by atoms with van der Waals surface area (Å²) in [7, 11) is 0. The second-order valence-electron chi connectivity index (χ2n) is 5.58. The van der Waals surface area contributed by atoms with E-state index >= 15 is 0 Å². The first-order chi connectivity index (χ1) is 8.88. The highest BCUT2D eigenvalue weighted by atomic mass is 16.5. The van der Waals surface area contributed by atoms with E-state index in [2.05, 4.69) is 30.4 Å². The average molecular weight is 245 g/mol. The van der Waals surface area contributed by atoms with Crippen LogP contribution < -0.4 is 10.1 Å². The normalized spacial score (nSPS) is 20.1. The Bertz CT molecular complexity index is 412. The van der Waals surface area contributed by atoms with Gasteiger partial charge in [-0.1, -0.05) is 44.4 Å². The first kappa shape index (κ1) is 12.0. The number of hydrogen-bond donors (Lipinski definition) is 1. The lowest BCUT2D eigenvalue weighted by atomic mass is 9.79. The molecule has 0 spiro atoms. The van der Waals surface area contributed by atoms with Gasteiger partial charge in [0.2, 0.25) is 0 Å². The summed E-state index contributed by atoms with van der Waals surface area (Å²) >= 11 is 0. The number of nitrogens with one attached hydrogen (secondary N) is 1. The summed E-state index contributed by atoms with van der Waals surface area (Å²) in [4.78, 5) is 0. The molecular weight excluding hydrogens is 222 g/mol. The van der Waals surface area contributed by atoms with Gasteiger partial charge in [0, 0.05) is 18.0 Å². The highest BCUT2D eigenvalue weighted by molar-refractivity contribution is 5.45. The monoisotopic (exact) mass is 245 g/mol. The van der Waals surface area contributed by atoms with Crippen molar-refractivity contribution in [2.75, 3.05) is 13.2 Å². The van der Waals surface area contributed by atoms with Gasteiger partial charge in [0.25, 0.3) is 0 Å². The molecule has 0 aromatic heterocycles. The van der Waals surface area contributed by atoms with Crippen molar-refractivity contribution >= 4 is 0 Å². The molecule has 2 aliphatic rings. The molecule has 18 heavy (non-hydrogen) atoms. The van der Waals surface area contributed by atoms with Gasteiger partial charge >= 0.3 is 0 Å². The van der Waals surface area contributed by atoms with E-state index in [0.29, 0.717) is 6.04 Å². The summed E-state index contributed by atoms with van der Waals surface area (Å²) in [5, 5.41) is 3.65. The molecule has 98 valence electrons. The van der Waals surface area contributed by atoms with Gasteiger partial charge in [-0.15, -0.1) is 0 Å². The third kappa shape index (κ3) is 2.26. The molecular formula is C16H23NO. The molecule has 1 saturated carbocycles. The van der Waals surface area contributed by atoms with Crippen molar-refractivity contribution in [3.63, 3.8) is 0 Å². The van der Waals surface area contributed by atoms with Gasteiger partial charge in [-0.25, -0.2) is 0 Å². The van der Waals surface area contributed by atoms with Crippen LogP contribution in [0.1, 0.15) is 49.8 Å². The molecule has 1 N–H and O–H groups in total. The smallest absolute Gasteiger partial charge is 0.127 e. The lowest BCUT2D eigenvalue weighted by Gasteiger charge is -2.31. The minimum atomic E-state index is 0.480. The van der Waals surface area contributed by atoms with Gasteiger partial charge in [0.15, 0.2) is 0 Å². The summed E-state index contributed by atoms with van der Waals surface area (Å²) in [6.45, 7) is 4.08. The molecule has 0 amide bonds. The Morgan fingerprint density at radius 3 is 3.00 bits per heavy atom. The van der Waals surface area contributed by atoms with Gasteiger partial charge < -0.3 is 10.1 Å². The van der Waals surface area contributed by atoms with E-state index in [1.54, 1.807) is 0 Å². The minimum absolute atomic E-state index is 0.480. The number of benzene rings is 1. The summed E-state index contributed by atoms with van der Waals surface area (Å²) in [5.74, 6) is 2.09. The molecule has 0 bridgehead atoms. The lowest BCUT2D eigenvalue weighted by Crippen LogP contribution is -2.26. The van der Waals surface area contributed by atoms with Crippen LogP contribution in [-0.4, -0.2) is 13.2 Å². The van der Waals surface area contributed by atoms with E-state index in [1.165, 1.54) is 42.6 Å². The number of rotatable bonds is 5. The number of ether oxygens (including phenoxy) is 1. The summed E-state index contributed by atoms with van der Waals surface area (Å²) in [6.07, 6.45) is 6.60. The Morgan fingerprint density at radius 1 is 1.39 bits per heavy atom. The highest BCUT2D eigenvalue weighted by Crippen LogP contribution is 2.39. The molecule has 2 heteroatoms. The first-order valence-electron chi connectivity index (χ1n) is 7.36. The maximum atomic E-state index is 5.85. The van der Waals surface area contributed by atoms with Crippen LogP contribution in [0.3, 0.4) is 0 Å². The molecule has 1 atom stereocenters. The fourth-order valence-electron chi connectivity index (χ4n) is 3.14. The van der Waals surface area contributed by atoms with Crippen molar-refractivity contribution in [2.45, 2.75) is 45.1 Å². The molecule has 0 radical (unpaired) electrons. The Kier molecular flexibility index (Phi) is 3.55. The van der Waals surface area contributed by atoms with Crippen molar-refractivity contribution in [3.05, 3.63) is 29.3 Å². The van der Waals surface area contributed by atoms with Crippen LogP contribution >= 0.6 is 0 Å². The van der Waals surface area contributed by atoms with Crippen molar-refractivity contribution in [2.24, 2.45) is 5.92 Å². The second kappa shape index (κ2) is 5.31. The molecule has 0 saturated heterocycles. The van der Waals surface area contributed by atoms with Crippen LogP contribution in [0.2, 0.25) is 0 Å². The second-order valence-corrected chi connectivity index (χ2v) is 5.58. The third-order valence-electron chi connectivity index (χ3n) is 4.36. The van der Waals surface area contributed by atoms with E-state index in [9.17, 15) is 0 Å². The first-order valence-corrected chi connectivity index (χ1v) is 7.36. The van der Waals surface area contributed by atoms with Crippen LogP contribution in [0.25, 0.3) is 0 Å². The van der Waals surface area contributed by atoms with Crippen LogP contribution in [0.5, 0.6) is 5.75 Å². The largest absolute Gasteiger partial charge is 0.493 e. The van der Waals surface area contributed by atoms with E-state index in [1.807, 2.05) is 0 Å². The molecule has 1 aliphatic heterocycles. The van der Waals surface area contributed by atoms with Crippen LogP contribution in [0, 0.1) is 5.92 Å². The maximum Gasteiger partial charge on any atom is 0.127 e. The Labute approximate surface area is 110 Å². The zero-order chi connectivity index (χ0) is 12.4. The molecule has 1 fully saturated rings. The molecule has 2 nitrogen and oxygen atoms in total. The maximum absolute atomic E-state index is 5.85. The molecule has 1 unspecified atom stereocenters. The quantitative estimate of drug-likeness (QED) is 0.857. The standard InChI is InChI=1S/C16H23NO/c1-2-17-15(11-12-5-3-6-12)14-8-4-7-13-9-10-18-16(13)14/h4,7-8,12,15,17H,2-3,5-6,9-11H2,1H3. The predicted molar refractivity (Wildman–Crippen MR) is 74.0 cm³/mol. The molecule has 1 heterocycles. The highest BCUT2D eigenvalue weighted by Gasteiger charge is 2.26. The minimum Gasteiger partial charge on any atom is -0.493 e. The SMILES string of the molecule is CCNC(CC1CCC1)c1cccc2c1OCC2. The molecule has 1 aliphatic carbocycles. The Morgan fingerprint density at radius 2 is 2.28 bits per heavy atom. The summed E-state index contributed by atoms with van der Waals surface area (Å²) < 4.78 is 5.85.